The molecule has 1 aromatic rings. The van der Waals surface area contributed by atoms with Crippen molar-refractivity contribution in [3.8, 4) is 0 Å². The molecule has 0 aliphatic rings. The zero-order chi connectivity index (χ0) is 12.3. The molecule has 92 valence electrons. The summed E-state index contributed by atoms with van der Waals surface area (Å²) in [4.78, 5) is 8.26. The number of hydrogen-bond donors (Lipinski definition) is 1. The topological polar surface area (TPSA) is 28.2 Å². The highest BCUT2D eigenvalue weighted by atomic mass is 32.1. The van der Waals surface area contributed by atoms with Crippen molar-refractivity contribution >= 4 is 16.5 Å². The van der Waals surface area contributed by atoms with Gasteiger partial charge in [0, 0.05) is 24.0 Å². The van der Waals surface area contributed by atoms with Gasteiger partial charge in [-0.3, -0.25) is 0 Å². The second-order valence-corrected chi connectivity index (χ2v) is 5.33. The van der Waals surface area contributed by atoms with E-state index in [1.165, 1.54) is 4.88 Å². The molecule has 16 heavy (non-hydrogen) atoms. The quantitative estimate of drug-likeness (QED) is 0.859. The molecule has 2 unspecified atom stereocenters. The van der Waals surface area contributed by atoms with Crippen LogP contribution in [0, 0.1) is 6.92 Å². The number of nitrogens with one attached hydrogen (secondary N) is 1. The Bertz CT molecular complexity index is 335. The molecule has 1 heterocycles. The van der Waals surface area contributed by atoms with Crippen LogP contribution < -0.4 is 10.2 Å². The van der Waals surface area contributed by atoms with Gasteiger partial charge in [-0.1, -0.05) is 6.92 Å². The molecule has 0 spiro atoms. The van der Waals surface area contributed by atoms with Gasteiger partial charge in [0.1, 0.15) is 0 Å². The number of aromatic nitrogens is 1. The Kier molecular flexibility index (Phi) is 4.74. The van der Waals surface area contributed by atoms with Gasteiger partial charge in [-0.25, -0.2) is 4.98 Å². The van der Waals surface area contributed by atoms with Gasteiger partial charge in [-0.2, -0.15) is 0 Å². The van der Waals surface area contributed by atoms with E-state index in [2.05, 4.69) is 49.9 Å². The molecule has 0 bridgehead atoms. The van der Waals surface area contributed by atoms with Gasteiger partial charge in [0.25, 0.3) is 0 Å². The van der Waals surface area contributed by atoms with Crippen LogP contribution >= 0.6 is 11.3 Å². The molecule has 4 heteroatoms. The van der Waals surface area contributed by atoms with E-state index in [9.17, 15) is 0 Å². The summed E-state index contributed by atoms with van der Waals surface area (Å²) in [5.74, 6) is 0. The lowest BCUT2D eigenvalue weighted by molar-refractivity contribution is 0.656. The molecule has 1 N–H and O–H groups in total. The van der Waals surface area contributed by atoms with Crippen molar-refractivity contribution in [2.45, 2.75) is 46.2 Å². The molecule has 0 saturated carbocycles. The maximum Gasteiger partial charge on any atom is 0.185 e. The molecule has 0 fully saturated rings. The van der Waals surface area contributed by atoms with Gasteiger partial charge >= 0.3 is 0 Å². The van der Waals surface area contributed by atoms with E-state index in [1.807, 2.05) is 7.05 Å². The first kappa shape index (κ1) is 13.5. The van der Waals surface area contributed by atoms with Crippen molar-refractivity contribution in [2.24, 2.45) is 0 Å². The number of nitrogens with zero attached hydrogens (tertiary/aromatic N) is 2. The average molecular weight is 241 g/mol. The fraction of sp³-hybridized carbons (Fsp3) is 0.750. The third-order valence-electron chi connectivity index (χ3n) is 3.20. The number of thiazole rings is 1. The summed E-state index contributed by atoms with van der Waals surface area (Å²) in [5, 5.41) is 4.40. The Morgan fingerprint density at radius 2 is 2.06 bits per heavy atom. The summed E-state index contributed by atoms with van der Waals surface area (Å²) in [6.07, 6.45) is 1.14. The minimum absolute atomic E-state index is 0.386. The summed E-state index contributed by atoms with van der Waals surface area (Å²) < 4.78 is 0. The smallest absolute Gasteiger partial charge is 0.185 e. The zero-order valence-corrected chi connectivity index (χ0v) is 12.0. The Morgan fingerprint density at radius 3 is 2.56 bits per heavy atom. The highest BCUT2D eigenvalue weighted by Gasteiger charge is 2.17. The normalized spacial score (nSPS) is 14.9. The van der Waals surface area contributed by atoms with Gasteiger partial charge < -0.3 is 10.2 Å². The van der Waals surface area contributed by atoms with Gasteiger partial charge in [0.2, 0.25) is 0 Å². The van der Waals surface area contributed by atoms with Crippen LogP contribution in [-0.4, -0.2) is 25.1 Å². The SMILES string of the molecule is CCC(C)N(C)c1nc(C)c(C(C)NC)s1. The van der Waals surface area contributed by atoms with Crippen LogP contribution in [0.25, 0.3) is 0 Å². The molecule has 0 aromatic carbocycles. The molecule has 1 rings (SSSR count). The van der Waals surface area contributed by atoms with Crippen molar-refractivity contribution in [2.75, 3.05) is 19.0 Å². The van der Waals surface area contributed by atoms with E-state index < -0.39 is 0 Å². The Balaban J connectivity index is 2.91. The lowest BCUT2D eigenvalue weighted by Crippen LogP contribution is -2.27. The van der Waals surface area contributed by atoms with Crippen LogP contribution in [0.15, 0.2) is 0 Å². The van der Waals surface area contributed by atoms with Gasteiger partial charge in [-0.15, -0.1) is 11.3 Å². The van der Waals surface area contributed by atoms with Crippen LogP contribution in [0.2, 0.25) is 0 Å². The molecule has 1 aromatic heterocycles. The van der Waals surface area contributed by atoms with Crippen LogP contribution in [0.3, 0.4) is 0 Å². The van der Waals surface area contributed by atoms with E-state index in [0.29, 0.717) is 12.1 Å². The maximum absolute atomic E-state index is 4.65. The van der Waals surface area contributed by atoms with E-state index in [4.69, 9.17) is 0 Å². The van der Waals surface area contributed by atoms with Crippen molar-refractivity contribution in [1.82, 2.24) is 10.3 Å². The number of anilines is 1. The Morgan fingerprint density at radius 1 is 1.44 bits per heavy atom. The molecule has 0 saturated heterocycles. The van der Waals surface area contributed by atoms with Gasteiger partial charge in [-0.05, 0) is 34.2 Å². The fourth-order valence-corrected chi connectivity index (χ4v) is 2.73. The molecule has 0 amide bonds. The van der Waals surface area contributed by atoms with Crippen molar-refractivity contribution in [3.63, 3.8) is 0 Å². The summed E-state index contributed by atoms with van der Waals surface area (Å²) in [6, 6.07) is 0.930. The summed E-state index contributed by atoms with van der Waals surface area (Å²) in [5.41, 5.74) is 1.15. The summed E-state index contributed by atoms with van der Waals surface area (Å²) in [7, 11) is 4.11. The van der Waals surface area contributed by atoms with E-state index >= 15 is 0 Å². The highest BCUT2D eigenvalue weighted by Crippen LogP contribution is 2.30. The first-order valence-electron chi connectivity index (χ1n) is 5.88. The highest BCUT2D eigenvalue weighted by molar-refractivity contribution is 7.15. The molecule has 3 nitrogen and oxygen atoms in total. The van der Waals surface area contributed by atoms with Crippen LogP contribution in [-0.2, 0) is 0 Å². The minimum atomic E-state index is 0.386. The number of rotatable bonds is 5. The molecule has 0 aliphatic carbocycles. The van der Waals surface area contributed by atoms with Crippen LogP contribution in [0.1, 0.15) is 43.8 Å². The van der Waals surface area contributed by atoms with E-state index in [0.717, 1.165) is 17.2 Å². The summed E-state index contributed by atoms with van der Waals surface area (Å²) >= 11 is 1.80. The van der Waals surface area contributed by atoms with Crippen molar-refractivity contribution in [1.29, 1.82) is 0 Å². The first-order chi connectivity index (χ1) is 7.51. The average Bonchev–Trinajstić information content (AvgIpc) is 2.68. The van der Waals surface area contributed by atoms with Crippen molar-refractivity contribution in [3.05, 3.63) is 10.6 Å². The van der Waals surface area contributed by atoms with Crippen molar-refractivity contribution < 1.29 is 0 Å². The van der Waals surface area contributed by atoms with Gasteiger partial charge in [0.15, 0.2) is 5.13 Å². The summed E-state index contributed by atoms with van der Waals surface area (Å²) in [6.45, 7) is 8.71. The largest absolute Gasteiger partial charge is 0.348 e. The minimum Gasteiger partial charge on any atom is -0.348 e. The van der Waals surface area contributed by atoms with Crippen LogP contribution in [0.5, 0.6) is 0 Å². The Labute approximate surface area is 103 Å². The molecule has 2 atom stereocenters. The third kappa shape index (κ3) is 2.74. The molecule has 0 radical (unpaired) electrons. The Hall–Kier alpha value is -0.610. The van der Waals surface area contributed by atoms with Crippen LogP contribution in [0.4, 0.5) is 5.13 Å². The first-order valence-corrected chi connectivity index (χ1v) is 6.70. The molecular formula is C12H23N3S. The number of aryl methyl sites for hydroxylation is 1. The molecule has 0 aliphatic heterocycles. The lowest BCUT2D eigenvalue weighted by atomic mass is 10.2. The predicted molar refractivity (Wildman–Crippen MR) is 72.5 cm³/mol. The second kappa shape index (κ2) is 5.64. The van der Waals surface area contributed by atoms with E-state index in [1.54, 1.807) is 11.3 Å². The lowest BCUT2D eigenvalue weighted by Gasteiger charge is -2.22. The zero-order valence-electron chi connectivity index (χ0n) is 11.2. The predicted octanol–water partition coefficient (Wildman–Crippen LogP) is 2.97. The maximum atomic E-state index is 4.65. The standard InChI is InChI=1S/C12H23N3S/c1-7-8(2)15(6)12-14-10(4)11(16-12)9(3)13-5/h8-9,13H,7H2,1-6H3. The molecular weight excluding hydrogens is 218 g/mol. The second-order valence-electron chi connectivity index (χ2n) is 4.32. The number of hydrogen-bond acceptors (Lipinski definition) is 4. The van der Waals surface area contributed by atoms with Gasteiger partial charge in [0.05, 0.1) is 5.69 Å². The monoisotopic (exact) mass is 241 g/mol. The van der Waals surface area contributed by atoms with E-state index in [-0.39, 0.29) is 0 Å². The third-order valence-corrected chi connectivity index (χ3v) is 4.63. The fourth-order valence-electron chi connectivity index (χ4n) is 1.54.